The van der Waals surface area contributed by atoms with Crippen LogP contribution < -0.4 is 15.5 Å². The molecule has 0 saturated heterocycles. The maximum absolute atomic E-state index is 14.4. The topological polar surface area (TPSA) is 96.3 Å². The van der Waals surface area contributed by atoms with Crippen molar-refractivity contribution in [3.05, 3.63) is 118 Å². The van der Waals surface area contributed by atoms with Crippen LogP contribution in [-0.2, 0) is 15.8 Å². The van der Waals surface area contributed by atoms with E-state index in [9.17, 15) is 27.6 Å². The Morgan fingerprint density at radius 2 is 1.74 bits per heavy atom. The lowest BCUT2D eigenvalue weighted by molar-refractivity contribution is -0.137. The van der Waals surface area contributed by atoms with E-state index in [4.69, 9.17) is 25.6 Å². The van der Waals surface area contributed by atoms with Gasteiger partial charge in [0.25, 0.3) is 11.8 Å². The highest BCUT2D eigenvalue weighted by Crippen LogP contribution is 2.47. The molecule has 0 saturated carbocycles. The summed E-state index contributed by atoms with van der Waals surface area (Å²) in [5.74, 6) is -3.47. The minimum Gasteiger partial charge on any atom is -0.349 e. The largest absolute Gasteiger partial charge is 0.416 e. The number of benzene rings is 3. The standard InChI is InChI=1S/C37H35BF3N5O3S/c1-3-45-35-29(21(2)44-46(35)27-16-5-4-6-17-27)30(23-12-9-15-26(19-23)42-33(47)22-10-7-11-22)28(20-50)32(31(38)36(45)49)43-34(48)24-13-8-14-25(18-24)37(39,40)41/h4-6,8-10,12-19,28,30-32,50H,3,7,11,20H2,1-2H3,(H,42,47)(H,43,48)/t28?,30-,31?,32-/m1/s1. The molecule has 6 rings (SSSR count). The smallest absolute Gasteiger partial charge is 0.349 e. The predicted molar refractivity (Wildman–Crippen MR) is 190 cm³/mol. The van der Waals surface area contributed by atoms with Crippen molar-refractivity contribution in [3.63, 3.8) is 0 Å². The fourth-order valence-corrected chi connectivity index (χ4v) is 7.19. The molecule has 1 aliphatic carbocycles. The van der Waals surface area contributed by atoms with Crippen molar-refractivity contribution < 1.29 is 27.6 Å². The van der Waals surface area contributed by atoms with Gasteiger partial charge in [0.1, 0.15) is 5.82 Å². The molecule has 0 fully saturated rings. The average Bonchev–Trinajstić information content (AvgIpc) is 3.40. The third-order valence-electron chi connectivity index (χ3n) is 9.35. The van der Waals surface area contributed by atoms with Crippen LogP contribution >= 0.6 is 12.6 Å². The van der Waals surface area contributed by atoms with Crippen LogP contribution in [0.3, 0.4) is 0 Å². The van der Waals surface area contributed by atoms with Crippen molar-refractivity contribution in [3.8, 4) is 5.69 Å². The van der Waals surface area contributed by atoms with Crippen LogP contribution in [0.5, 0.6) is 0 Å². The van der Waals surface area contributed by atoms with Crippen LogP contribution in [0, 0.1) is 12.8 Å². The summed E-state index contributed by atoms with van der Waals surface area (Å²) in [5, 5.41) is 10.7. The zero-order chi connectivity index (χ0) is 35.7. The van der Waals surface area contributed by atoms with Gasteiger partial charge in [-0.15, -0.1) is 0 Å². The molecule has 8 nitrogen and oxygen atoms in total. The second kappa shape index (κ2) is 14.2. The Balaban J connectivity index is 1.52. The lowest BCUT2D eigenvalue weighted by Gasteiger charge is -2.42. The van der Waals surface area contributed by atoms with Crippen LogP contribution in [0.15, 0.2) is 90.5 Å². The van der Waals surface area contributed by atoms with Gasteiger partial charge in [0.2, 0.25) is 5.91 Å². The number of hydrogen-bond acceptors (Lipinski definition) is 5. The monoisotopic (exact) mass is 697 g/mol. The van der Waals surface area contributed by atoms with Gasteiger partial charge in [-0.05, 0) is 86.4 Å². The first kappa shape index (κ1) is 35.1. The number of rotatable bonds is 8. The Morgan fingerprint density at radius 1 is 1.02 bits per heavy atom. The summed E-state index contributed by atoms with van der Waals surface area (Å²) in [6.45, 7) is 3.85. The second-order valence-electron chi connectivity index (χ2n) is 12.4. The molecule has 2 heterocycles. The van der Waals surface area contributed by atoms with Gasteiger partial charge in [0.15, 0.2) is 0 Å². The van der Waals surface area contributed by atoms with Crippen molar-refractivity contribution in [2.45, 2.75) is 50.6 Å². The van der Waals surface area contributed by atoms with Gasteiger partial charge in [-0.25, -0.2) is 4.68 Å². The minimum atomic E-state index is -4.66. The van der Waals surface area contributed by atoms with E-state index in [-0.39, 0.29) is 23.8 Å². The summed E-state index contributed by atoms with van der Waals surface area (Å²) < 4.78 is 42.4. The number of aromatic nitrogens is 2. The van der Waals surface area contributed by atoms with Crippen molar-refractivity contribution in [1.29, 1.82) is 0 Å². The van der Waals surface area contributed by atoms with E-state index in [1.165, 1.54) is 11.0 Å². The van der Waals surface area contributed by atoms with Crippen molar-refractivity contribution in [2.24, 2.45) is 5.92 Å². The summed E-state index contributed by atoms with van der Waals surface area (Å²) in [4.78, 5) is 42.5. The van der Waals surface area contributed by atoms with Crippen LogP contribution in [-0.4, -0.2) is 53.7 Å². The molecule has 50 heavy (non-hydrogen) atoms. The van der Waals surface area contributed by atoms with Crippen LogP contribution in [0.4, 0.5) is 24.7 Å². The third kappa shape index (κ3) is 6.70. The molecule has 2 unspecified atom stereocenters. The van der Waals surface area contributed by atoms with Gasteiger partial charge >= 0.3 is 6.18 Å². The number of carbonyl (C=O) groups is 3. The van der Waals surface area contributed by atoms with Gasteiger partial charge in [0, 0.05) is 46.7 Å². The second-order valence-corrected chi connectivity index (χ2v) is 12.8. The van der Waals surface area contributed by atoms with E-state index in [0.29, 0.717) is 40.4 Å². The molecule has 1 aliphatic heterocycles. The summed E-state index contributed by atoms with van der Waals surface area (Å²) in [5.41, 5.74) is 2.79. The molecule has 2 N–H and O–H groups in total. The molecule has 4 aromatic rings. The summed E-state index contributed by atoms with van der Waals surface area (Å²) in [7, 11) is 6.78. The fraction of sp³-hybridized carbons (Fsp3) is 0.297. The predicted octanol–water partition coefficient (Wildman–Crippen LogP) is 6.66. The lowest BCUT2D eigenvalue weighted by Crippen LogP contribution is -2.53. The fourth-order valence-electron chi connectivity index (χ4n) is 6.75. The molecule has 4 atom stereocenters. The number of fused-ring (bicyclic) bond motifs is 1. The molecule has 0 spiro atoms. The van der Waals surface area contributed by atoms with E-state index < -0.39 is 47.2 Å². The van der Waals surface area contributed by atoms with Gasteiger partial charge in [-0.3, -0.25) is 19.3 Å². The maximum Gasteiger partial charge on any atom is 0.416 e. The summed E-state index contributed by atoms with van der Waals surface area (Å²) in [6.07, 6.45) is -1.23. The summed E-state index contributed by atoms with van der Waals surface area (Å²) in [6, 6.07) is 19.7. The first-order valence-corrected chi connectivity index (χ1v) is 17.0. The van der Waals surface area contributed by atoms with Crippen molar-refractivity contribution >= 4 is 49.7 Å². The van der Waals surface area contributed by atoms with Crippen molar-refractivity contribution in [2.75, 3.05) is 22.5 Å². The van der Waals surface area contributed by atoms with E-state index in [1.807, 2.05) is 61.5 Å². The van der Waals surface area contributed by atoms with Crippen LogP contribution in [0.1, 0.15) is 58.4 Å². The van der Waals surface area contributed by atoms with E-state index in [1.54, 1.807) is 17.7 Å². The van der Waals surface area contributed by atoms with E-state index >= 15 is 0 Å². The van der Waals surface area contributed by atoms with Gasteiger partial charge in [-0.1, -0.05) is 42.5 Å². The SMILES string of the molecule is [B]C1C(=O)N(CC)c2c(c(C)nn2-c2ccccc2)[C@H](c2cccc(NC(=O)C3=CCC3)c2)C(CS)[C@H]1NC(=O)c1cccc(C(F)(F)F)c1. The molecular weight excluding hydrogens is 662 g/mol. The number of anilines is 2. The quantitative estimate of drug-likeness (QED) is 0.142. The lowest BCUT2D eigenvalue weighted by atomic mass is 9.67. The van der Waals surface area contributed by atoms with Crippen LogP contribution in [0.25, 0.3) is 5.69 Å². The third-order valence-corrected chi connectivity index (χ3v) is 9.77. The highest BCUT2D eigenvalue weighted by atomic mass is 32.1. The van der Waals surface area contributed by atoms with Gasteiger partial charge in [-0.2, -0.15) is 30.9 Å². The minimum absolute atomic E-state index is 0.115. The zero-order valence-electron chi connectivity index (χ0n) is 27.4. The number of para-hydroxylation sites is 1. The molecule has 2 radical (unpaired) electrons. The van der Waals surface area contributed by atoms with E-state index in [2.05, 4.69) is 10.6 Å². The first-order chi connectivity index (χ1) is 23.9. The number of alkyl halides is 3. The molecule has 2 aliphatic rings. The number of allylic oxidation sites excluding steroid dienone is 1. The maximum atomic E-state index is 14.4. The normalized spacial score (nSPS) is 20.6. The molecule has 13 heteroatoms. The Morgan fingerprint density at radius 3 is 2.38 bits per heavy atom. The highest BCUT2D eigenvalue weighted by Gasteiger charge is 2.45. The summed E-state index contributed by atoms with van der Waals surface area (Å²) >= 11 is 4.74. The molecule has 256 valence electrons. The Labute approximate surface area is 294 Å². The number of carbonyl (C=O) groups excluding carboxylic acids is 3. The molecular formula is C37H35BF3N5O3S. The zero-order valence-corrected chi connectivity index (χ0v) is 28.3. The first-order valence-electron chi connectivity index (χ1n) is 16.3. The number of halogens is 3. The van der Waals surface area contributed by atoms with E-state index in [0.717, 1.165) is 30.2 Å². The van der Waals surface area contributed by atoms with Gasteiger partial charge < -0.3 is 10.6 Å². The Bertz CT molecular complexity index is 1970. The van der Waals surface area contributed by atoms with Crippen LogP contribution in [0.2, 0.25) is 5.82 Å². The number of nitrogens with zero attached hydrogens (tertiary/aromatic N) is 3. The molecule has 3 aromatic carbocycles. The van der Waals surface area contributed by atoms with Crippen molar-refractivity contribution in [1.82, 2.24) is 15.1 Å². The molecule has 3 amide bonds. The molecule has 1 aromatic heterocycles. The number of amides is 3. The number of nitrogens with one attached hydrogen (secondary N) is 2. The molecule has 0 bridgehead atoms. The Hall–Kier alpha value is -4.78. The Kier molecular flexibility index (Phi) is 9.97. The highest BCUT2D eigenvalue weighted by molar-refractivity contribution is 7.80. The number of aryl methyl sites for hydroxylation is 1. The average molecular weight is 698 g/mol. The van der Waals surface area contributed by atoms with Gasteiger partial charge in [0.05, 0.1) is 24.8 Å². The number of hydrogen-bond donors (Lipinski definition) is 3. The number of thiol groups is 1.